The van der Waals surface area contributed by atoms with E-state index in [0.717, 1.165) is 36.4 Å². The second-order valence-corrected chi connectivity index (χ2v) is 5.85. The molecule has 0 aromatic heterocycles. The minimum Gasteiger partial charge on any atom is -0.490 e. The number of carboxylic acid groups (broad SMARTS) is 1. The minimum absolute atomic E-state index is 0.197. The standard InChI is InChI=1S/C16H21NO4/c1-11-5-6-17(15(11)16(18)19)10-12-3-4-13-14(9-12)21-8-2-7-20-13/h3-4,9,11,15H,2,5-8,10H2,1H3,(H,18,19). The summed E-state index contributed by atoms with van der Waals surface area (Å²) >= 11 is 0. The Kier molecular flexibility index (Phi) is 4.01. The topological polar surface area (TPSA) is 59.0 Å². The van der Waals surface area contributed by atoms with Gasteiger partial charge in [-0.15, -0.1) is 0 Å². The van der Waals surface area contributed by atoms with E-state index in [2.05, 4.69) is 0 Å². The van der Waals surface area contributed by atoms with Gasteiger partial charge < -0.3 is 14.6 Å². The highest BCUT2D eigenvalue weighted by molar-refractivity contribution is 5.74. The van der Waals surface area contributed by atoms with Crippen molar-refractivity contribution in [1.82, 2.24) is 4.90 Å². The summed E-state index contributed by atoms with van der Waals surface area (Å²) < 4.78 is 11.3. The summed E-state index contributed by atoms with van der Waals surface area (Å²) in [6.45, 7) is 4.81. The maximum Gasteiger partial charge on any atom is 0.321 e. The average molecular weight is 291 g/mol. The molecule has 5 heteroatoms. The maximum absolute atomic E-state index is 11.4. The molecule has 0 aliphatic carbocycles. The van der Waals surface area contributed by atoms with E-state index >= 15 is 0 Å². The Bertz CT molecular complexity index is 531. The third-order valence-corrected chi connectivity index (χ3v) is 4.25. The Morgan fingerprint density at radius 1 is 1.33 bits per heavy atom. The van der Waals surface area contributed by atoms with Gasteiger partial charge in [-0.3, -0.25) is 9.69 Å². The molecule has 1 fully saturated rings. The summed E-state index contributed by atoms with van der Waals surface area (Å²) in [5.41, 5.74) is 1.07. The zero-order valence-electron chi connectivity index (χ0n) is 12.2. The van der Waals surface area contributed by atoms with Crippen LogP contribution in [0.15, 0.2) is 18.2 Å². The van der Waals surface area contributed by atoms with Crippen LogP contribution in [0.25, 0.3) is 0 Å². The van der Waals surface area contributed by atoms with Crippen LogP contribution in [0.5, 0.6) is 11.5 Å². The zero-order chi connectivity index (χ0) is 14.8. The molecule has 0 saturated carbocycles. The number of likely N-dealkylation sites (tertiary alicyclic amines) is 1. The van der Waals surface area contributed by atoms with Crippen LogP contribution in [0.1, 0.15) is 25.3 Å². The molecule has 2 heterocycles. The highest BCUT2D eigenvalue weighted by Gasteiger charge is 2.36. The molecule has 3 rings (SSSR count). The molecule has 5 nitrogen and oxygen atoms in total. The van der Waals surface area contributed by atoms with E-state index in [1.807, 2.05) is 30.0 Å². The number of carbonyl (C=O) groups is 1. The Labute approximate surface area is 124 Å². The van der Waals surface area contributed by atoms with Gasteiger partial charge in [-0.2, -0.15) is 0 Å². The van der Waals surface area contributed by atoms with Gasteiger partial charge in [0.25, 0.3) is 0 Å². The fourth-order valence-corrected chi connectivity index (χ4v) is 3.14. The third-order valence-electron chi connectivity index (χ3n) is 4.25. The van der Waals surface area contributed by atoms with E-state index in [-0.39, 0.29) is 12.0 Å². The summed E-state index contributed by atoms with van der Waals surface area (Å²) in [4.78, 5) is 13.4. The quantitative estimate of drug-likeness (QED) is 0.924. The van der Waals surface area contributed by atoms with Crippen LogP contribution in [0.3, 0.4) is 0 Å². The SMILES string of the molecule is CC1CCN(Cc2ccc3c(c2)OCCCO3)C1C(=O)O. The molecule has 1 aromatic carbocycles. The highest BCUT2D eigenvalue weighted by atomic mass is 16.5. The van der Waals surface area contributed by atoms with Crippen molar-refractivity contribution in [2.45, 2.75) is 32.4 Å². The third kappa shape index (κ3) is 2.97. The Hall–Kier alpha value is -1.75. The molecule has 0 bridgehead atoms. The van der Waals surface area contributed by atoms with Crippen LogP contribution in [0.4, 0.5) is 0 Å². The predicted octanol–water partition coefficient (Wildman–Crippen LogP) is 2.14. The molecular weight excluding hydrogens is 270 g/mol. The van der Waals surface area contributed by atoms with E-state index in [4.69, 9.17) is 9.47 Å². The number of benzene rings is 1. The van der Waals surface area contributed by atoms with E-state index in [1.165, 1.54) is 0 Å². The number of nitrogens with zero attached hydrogens (tertiary/aromatic N) is 1. The van der Waals surface area contributed by atoms with Crippen molar-refractivity contribution >= 4 is 5.97 Å². The van der Waals surface area contributed by atoms with Crippen molar-refractivity contribution in [2.24, 2.45) is 5.92 Å². The summed E-state index contributed by atoms with van der Waals surface area (Å²) in [5.74, 6) is 1.02. The smallest absolute Gasteiger partial charge is 0.321 e. The molecule has 0 spiro atoms. The van der Waals surface area contributed by atoms with Crippen molar-refractivity contribution in [3.8, 4) is 11.5 Å². The molecule has 1 N–H and O–H groups in total. The Balaban J connectivity index is 1.76. The van der Waals surface area contributed by atoms with Crippen molar-refractivity contribution in [3.05, 3.63) is 23.8 Å². The zero-order valence-corrected chi connectivity index (χ0v) is 12.2. The number of fused-ring (bicyclic) bond motifs is 1. The fraction of sp³-hybridized carbons (Fsp3) is 0.562. The van der Waals surface area contributed by atoms with Gasteiger partial charge in [0.05, 0.1) is 13.2 Å². The van der Waals surface area contributed by atoms with Gasteiger partial charge in [0.2, 0.25) is 0 Å². The van der Waals surface area contributed by atoms with Crippen molar-refractivity contribution in [2.75, 3.05) is 19.8 Å². The molecule has 2 aliphatic rings. The van der Waals surface area contributed by atoms with Crippen LogP contribution in [0, 0.1) is 5.92 Å². The maximum atomic E-state index is 11.4. The van der Waals surface area contributed by atoms with Crippen molar-refractivity contribution in [3.63, 3.8) is 0 Å². The van der Waals surface area contributed by atoms with E-state index in [0.29, 0.717) is 19.8 Å². The van der Waals surface area contributed by atoms with Gasteiger partial charge in [-0.25, -0.2) is 0 Å². The molecule has 114 valence electrons. The Morgan fingerprint density at radius 3 is 2.86 bits per heavy atom. The minimum atomic E-state index is -0.727. The van der Waals surface area contributed by atoms with Crippen LogP contribution in [0.2, 0.25) is 0 Å². The van der Waals surface area contributed by atoms with Crippen LogP contribution in [-0.4, -0.2) is 41.8 Å². The lowest BCUT2D eigenvalue weighted by Gasteiger charge is -2.23. The number of ether oxygens (including phenoxy) is 2. The van der Waals surface area contributed by atoms with Gasteiger partial charge in [0.1, 0.15) is 6.04 Å². The number of hydrogen-bond donors (Lipinski definition) is 1. The summed E-state index contributed by atoms with van der Waals surface area (Å²) in [5, 5.41) is 9.37. The van der Waals surface area contributed by atoms with E-state index in [1.54, 1.807) is 0 Å². The predicted molar refractivity (Wildman–Crippen MR) is 77.7 cm³/mol. The first-order chi connectivity index (χ1) is 10.1. The first-order valence-corrected chi connectivity index (χ1v) is 7.50. The molecule has 2 atom stereocenters. The van der Waals surface area contributed by atoms with Gasteiger partial charge in [0.15, 0.2) is 11.5 Å². The van der Waals surface area contributed by atoms with Gasteiger partial charge >= 0.3 is 5.97 Å². The highest BCUT2D eigenvalue weighted by Crippen LogP contribution is 2.32. The average Bonchev–Trinajstić information content (AvgIpc) is 2.68. The lowest BCUT2D eigenvalue weighted by molar-refractivity contribution is -0.143. The molecule has 0 radical (unpaired) electrons. The summed E-state index contributed by atoms with van der Waals surface area (Å²) in [6, 6.07) is 5.50. The second-order valence-electron chi connectivity index (χ2n) is 5.85. The fourth-order valence-electron chi connectivity index (χ4n) is 3.14. The lowest BCUT2D eigenvalue weighted by Crippen LogP contribution is -2.38. The van der Waals surface area contributed by atoms with Crippen LogP contribution >= 0.6 is 0 Å². The van der Waals surface area contributed by atoms with Crippen LogP contribution in [-0.2, 0) is 11.3 Å². The summed E-state index contributed by atoms with van der Waals surface area (Å²) in [7, 11) is 0. The van der Waals surface area contributed by atoms with Gasteiger partial charge in [-0.05, 0) is 36.6 Å². The first kappa shape index (κ1) is 14.2. The van der Waals surface area contributed by atoms with Crippen molar-refractivity contribution in [1.29, 1.82) is 0 Å². The van der Waals surface area contributed by atoms with Gasteiger partial charge in [0, 0.05) is 13.0 Å². The molecule has 0 amide bonds. The normalized spacial score (nSPS) is 25.6. The van der Waals surface area contributed by atoms with Gasteiger partial charge in [-0.1, -0.05) is 13.0 Å². The molecular formula is C16H21NO4. The Morgan fingerprint density at radius 2 is 2.10 bits per heavy atom. The monoisotopic (exact) mass is 291 g/mol. The summed E-state index contributed by atoms with van der Waals surface area (Å²) in [6.07, 6.45) is 1.82. The number of aliphatic carboxylic acids is 1. The lowest BCUT2D eigenvalue weighted by atomic mass is 10.0. The number of carboxylic acids is 1. The number of hydrogen-bond acceptors (Lipinski definition) is 4. The van der Waals surface area contributed by atoms with Crippen molar-refractivity contribution < 1.29 is 19.4 Å². The first-order valence-electron chi connectivity index (χ1n) is 7.50. The van der Waals surface area contributed by atoms with E-state index in [9.17, 15) is 9.90 Å². The molecule has 1 aromatic rings. The van der Waals surface area contributed by atoms with E-state index < -0.39 is 5.97 Å². The molecule has 21 heavy (non-hydrogen) atoms. The molecule has 2 unspecified atom stereocenters. The molecule has 2 aliphatic heterocycles. The number of rotatable bonds is 3. The second kappa shape index (κ2) is 5.93. The van der Waals surface area contributed by atoms with Crippen LogP contribution < -0.4 is 9.47 Å². The largest absolute Gasteiger partial charge is 0.490 e. The molecule has 1 saturated heterocycles.